The zero-order valence-corrected chi connectivity index (χ0v) is 20.8. The van der Waals surface area contributed by atoms with Crippen molar-refractivity contribution < 1.29 is 4.74 Å². The summed E-state index contributed by atoms with van der Waals surface area (Å²) >= 11 is 0. The highest BCUT2D eigenvalue weighted by Gasteiger charge is 2.31. The van der Waals surface area contributed by atoms with E-state index in [1.807, 2.05) is 0 Å². The highest BCUT2D eigenvalue weighted by Crippen LogP contribution is 2.36. The predicted molar refractivity (Wildman–Crippen MR) is 152 cm³/mol. The Morgan fingerprint density at radius 1 is 0.500 bits per heavy atom. The van der Waals surface area contributed by atoms with Crippen LogP contribution in [0.5, 0.6) is 5.75 Å². The van der Waals surface area contributed by atoms with Gasteiger partial charge >= 0.3 is 0 Å². The molecule has 0 spiro atoms. The average Bonchev–Trinajstić information content (AvgIpc) is 2.94. The molecular weight excluding hydrogens is 456 g/mol. The smallest absolute Gasteiger partial charge is 0.208 e. The first kappa shape index (κ1) is 22.5. The summed E-state index contributed by atoms with van der Waals surface area (Å²) in [6.45, 7) is 0.629. The third-order valence-corrected chi connectivity index (χ3v) is 8.76. The fraction of sp³-hybridized carbons (Fsp3) is 0.0588. The number of hydrogen-bond donors (Lipinski definition) is 0. The lowest BCUT2D eigenvalue weighted by molar-refractivity contribution is 0.315. The molecule has 0 saturated heterocycles. The van der Waals surface area contributed by atoms with E-state index in [9.17, 15) is 0 Å². The van der Waals surface area contributed by atoms with E-state index in [-0.39, 0.29) is 10.9 Å². The summed E-state index contributed by atoms with van der Waals surface area (Å²) < 4.78 is 6.51. The molecule has 0 heterocycles. The van der Waals surface area contributed by atoms with Gasteiger partial charge in [-0.15, -0.1) is 0 Å². The van der Waals surface area contributed by atoms with E-state index < -0.39 is 0 Å². The standard InChI is InChI=1S/C34H27OS/c1-3-16-30(17-4-1)36(31-18-5-2-6-19-31)34-21-10-9-20-33(34)35-23-22-26-14-11-15-29-24-27-12-7-8-13-28(27)25-32(26)29/h1-21,24-25H,22-23H2/q+1. The fourth-order valence-electron chi connectivity index (χ4n) is 4.76. The van der Waals surface area contributed by atoms with Gasteiger partial charge in [-0.25, -0.2) is 0 Å². The van der Waals surface area contributed by atoms with E-state index in [0.29, 0.717) is 6.61 Å². The average molecular weight is 484 g/mol. The Kier molecular flexibility index (Phi) is 6.43. The van der Waals surface area contributed by atoms with Crippen molar-refractivity contribution in [1.29, 1.82) is 0 Å². The lowest BCUT2D eigenvalue weighted by Crippen LogP contribution is -2.09. The summed E-state index contributed by atoms with van der Waals surface area (Å²) in [7, 11) is -0.237. The van der Waals surface area contributed by atoms with Gasteiger partial charge < -0.3 is 4.74 Å². The molecule has 6 aromatic carbocycles. The Morgan fingerprint density at radius 2 is 1.08 bits per heavy atom. The summed E-state index contributed by atoms with van der Waals surface area (Å²) in [5, 5.41) is 5.14. The van der Waals surface area contributed by atoms with Gasteiger partial charge in [-0.05, 0) is 75.6 Å². The number of rotatable bonds is 7. The molecule has 0 aliphatic heterocycles. The summed E-state index contributed by atoms with van der Waals surface area (Å²) in [4.78, 5) is 3.81. The minimum absolute atomic E-state index is 0.237. The highest BCUT2D eigenvalue weighted by atomic mass is 32.2. The quantitative estimate of drug-likeness (QED) is 0.163. The van der Waals surface area contributed by atoms with Gasteiger partial charge in [-0.1, -0.05) is 91.0 Å². The molecule has 2 heteroatoms. The molecule has 0 bridgehead atoms. The Balaban J connectivity index is 1.30. The van der Waals surface area contributed by atoms with Crippen molar-refractivity contribution in [3.63, 3.8) is 0 Å². The molecule has 0 amide bonds. The fourth-order valence-corrected chi connectivity index (χ4v) is 6.94. The monoisotopic (exact) mass is 483 g/mol. The molecule has 6 aromatic rings. The van der Waals surface area contributed by atoms with Gasteiger partial charge in [0, 0.05) is 6.42 Å². The summed E-state index contributed by atoms with van der Waals surface area (Å²) in [6, 6.07) is 49.7. The lowest BCUT2D eigenvalue weighted by Gasteiger charge is -2.14. The zero-order valence-electron chi connectivity index (χ0n) is 20.0. The minimum atomic E-state index is -0.237. The first-order valence-electron chi connectivity index (χ1n) is 12.3. The summed E-state index contributed by atoms with van der Waals surface area (Å²) in [5.74, 6) is 0.958. The number of fused-ring (bicyclic) bond motifs is 2. The summed E-state index contributed by atoms with van der Waals surface area (Å²) in [5.41, 5.74) is 1.32. The van der Waals surface area contributed by atoms with Crippen molar-refractivity contribution in [3.8, 4) is 5.75 Å². The molecule has 0 aliphatic carbocycles. The maximum Gasteiger partial charge on any atom is 0.208 e. The first-order valence-corrected chi connectivity index (χ1v) is 13.6. The Bertz CT molecular complexity index is 1570. The van der Waals surface area contributed by atoms with Crippen LogP contribution in [0.2, 0.25) is 0 Å². The molecule has 36 heavy (non-hydrogen) atoms. The third kappa shape index (κ3) is 4.60. The van der Waals surface area contributed by atoms with Gasteiger partial charge in [0.05, 0.1) is 6.61 Å². The van der Waals surface area contributed by atoms with Gasteiger partial charge in [-0.2, -0.15) is 0 Å². The van der Waals surface area contributed by atoms with E-state index in [1.165, 1.54) is 41.8 Å². The molecule has 0 saturated carbocycles. The van der Waals surface area contributed by atoms with Crippen molar-refractivity contribution in [2.24, 2.45) is 0 Å². The maximum absolute atomic E-state index is 6.51. The second-order valence-electron chi connectivity index (χ2n) is 8.82. The largest absolute Gasteiger partial charge is 0.488 e. The molecular formula is C34H27OS+. The zero-order chi connectivity index (χ0) is 24.2. The van der Waals surface area contributed by atoms with Crippen LogP contribution in [0, 0.1) is 0 Å². The third-order valence-electron chi connectivity index (χ3n) is 6.49. The molecule has 0 aliphatic rings. The van der Waals surface area contributed by atoms with Crippen molar-refractivity contribution in [1.82, 2.24) is 0 Å². The molecule has 0 fully saturated rings. The van der Waals surface area contributed by atoms with Crippen LogP contribution in [0.3, 0.4) is 0 Å². The van der Waals surface area contributed by atoms with Crippen LogP contribution in [0.15, 0.2) is 154 Å². The second-order valence-corrected chi connectivity index (χ2v) is 10.8. The Hall–Kier alpha value is -4.01. The van der Waals surface area contributed by atoms with Crippen LogP contribution in [0.25, 0.3) is 21.5 Å². The number of ether oxygens (including phenoxy) is 1. The van der Waals surface area contributed by atoms with E-state index in [0.717, 1.165) is 12.2 Å². The van der Waals surface area contributed by atoms with Crippen LogP contribution < -0.4 is 4.74 Å². The Morgan fingerprint density at radius 3 is 1.81 bits per heavy atom. The SMILES string of the molecule is c1ccc([S+](c2ccccc2)c2ccccc2OCCc2cccc3cc4ccccc4cc23)cc1. The van der Waals surface area contributed by atoms with E-state index in [4.69, 9.17) is 4.74 Å². The van der Waals surface area contributed by atoms with Crippen LogP contribution in [0.4, 0.5) is 0 Å². The minimum Gasteiger partial charge on any atom is -0.488 e. The molecule has 0 unspecified atom stereocenters. The molecule has 174 valence electrons. The van der Waals surface area contributed by atoms with Crippen LogP contribution in [-0.2, 0) is 17.3 Å². The molecule has 0 atom stereocenters. The number of para-hydroxylation sites is 1. The summed E-state index contributed by atoms with van der Waals surface area (Å²) in [6.07, 6.45) is 0.856. The van der Waals surface area contributed by atoms with Gasteiger partial charge in [0.2, 0.25) is 4.90 Å². The van der Waals surface area contributed by atoms with Crippen LogP contribution in [0.1, 0.15) is 5.56 Å². The Labute approximate surface area is 215 Å². The van der Waals surface area contributed by atoms with Crippen molar-refractivity contribution in [3.05, 3.63) is 145 Å². The lowest BCUT2D eigenvalue weighted by atomic mass is 9.98. The molecule has 1 nitrogen and oxygen atoms in total. The predicted octanol–water partition coefficient (Wildman–Crippen LogP) is 8.71. The van der Waals surface area contributed by atoms with E-state index in [1.54, 1.807) is 0 Å². The number of hydrogen-bond acceptors (Lipinski definition) is 1. The first-order chi connectivity index (χ1) is 17.9. The van der Waals surface area contributed by atoms with Crippen LogP contribution in [-0.4, -0.2) is 6.61 Å². The topological polar surface area (TPSA) is 9.23 Å². The van der Waals surface area contributed by atoms with Crippen molar-refractivity contribution in [2.75, 3.05) is 6.61 Å². The molecule has 0 aromatic heterocycles. The van der Waals surface area contributed by atoms with Gasteiger partial charge in [0.15, 0.2) is 15.5 Å². The van der Waals surface area contributed by atoms with Gasteiger partial charge in [0.1, 0.15) is 10.9 Å². The molecule has 0 N–H and O–H groups in total. The van der Waals surface area contributed by atoms with Crippen molar-refractivity contribution >= 4 is 32.4 Å². The highest BCUT2D eigenvalue weighted by molar-refractivity contribution is 7.97. The molecule has 6 rings (SSSR count). The second kappa shape index (κ2) is 10.3. The van der Waals surface area contributed by atoms with E-state index >= 15 is 0 Å². The van der Waals surface area contributed by atoms with Gasteiger partial charge in [-0.3, -0.25) is 0 Å². The normalized spacial score (nSPS) is 11.2. The van der Waals surface area contributed by atoms with E-state index in [2.05, 4.69) is 140 Å². The molecule has 0 radical (unpaired) electrons. The van der Waals surface area contributed by atoms with Crippen molar-refractivity contribution in [2.45, 2.75) is 21.1 Å². The van der Waals surface area contributed by atoms with Gasteiger partial charge in [0.25, 0.3) is 0 Å². The van der Waals surface area contributed by atoms with Crippen LogP contribution >= 0.6 is 0 Å². The maximum atomic E-state index is 6.51. The number of benzene rings is 6.